The van der Waals surface area contributed by atoms with Crippen LogP contribution in [-0.2, 0) is 15.3 Å². The van der Waals surface area contributed by atoms with E-state index in [1.807, 2.05) is 20.8 Å². The van der Waals surface area contributed by atoms with Crippen LogP contribution in [0.2, 0.25) is 0 Å². The van der Waals surface area contributed by atoms with Crippen LogP contribution in [0.5, 0.6) is 0 Å². The summed E-state index contributed by atoms with van der Waals surface area (Å²) >= 11 is -1.09. The van der Waals surface area contributed by atoms with E-state index in [1.165, 1.54) is 0 Å². The molecule has 0 N–H and O–H groups in total. The maximum Gasteiger partial charge on any atom is 0.155 e. The van der Waals surface area contributed by atoms with Gasteiger partial charge in [-0.2, -0.15) is 0 Å². The van der Waals surface area contributed by atoms with Crippen molar-refractivity contribution in [3.8, 4) is 0 Å². The minimum Gasteiger partial charge on any atom is -0.285 e. The lowest BCUT2D eigenvalue weighted by Gasteiger charge is -2.17. The second-order valence-corrected chi connectivity index (χ2v) is 5.09. The smallest absolute Gasteiger partial charge is 0.155 e. The summed E-state index contributed by atoms with van der Waals surface area (Å²) in [5.41, 5.74) is -0.281. The highest BCUT2D eigenvalue weighted by atomic mass is 32.2. The Morgan fingerprint density at radius 1 is 1.25 bits per heavy atom. The molecule has 0 fully saturated rings. The maximum absolute atomic E-state index is 11.2. The average Bonchev–Trinajstić information content (AvgIpc) is 1.84. The Kier molecular flexibility index (Phi) is 5.76. The summed E-state index contributed by atoms with van der Waals surface area (Å²) in [4.78, 5) is 0. The third-order valence-corrected chi connectivity index (χ3v) is 2.57. The van der Waals surface area contributed by atoms with E-state index in [4.69, 9.17) is 4.18 Å². The Morgan fingerprint density at radius 3 is 2.25 bits per heavy atom. The molecule has 0 aromatic carbocycles. The molecule has 0 spiro atoms. The topological polar surface area (TPSA) is 26.3 Å². The van der Waals surface area contributed by atoms with Gasteiger partial charge in [0.15, 0.2) is 11.1 Å². The van der Waals surface area contributed by atoms with Gasteiger partial charge in [-0.1, -0.05) is 19.8 Å². The molecule has 1 atom stereocenters. The van der Waals surface area contributed by atoms with Gasteiger partial charge in [-0.05, 0) is 27.2 Å². The van der Waals surface area contributed by atoms with Gasteiger partial charge in [-0.25, -0.2) is 4.21 Å². The second kappa shape index (κ2) is 5.70. The molecule has 0 aliphatic rings. The fourth-order valence-electron chi connectivity index (χ4n) is 0.790. The summed E-state index contributed by atoms with van der Waals surface area (Å²) in [6.07, 6.45) is 3.30. The Balaban J connectivity index is 3.47. The van der Waals surface area contributed by atoms with Crippen LogP contribution in [-0.4, -0.2) is 15.6 Å². The van der Waals surface area contributed by atoms with Crippen LogP contribution in [0.4, 0.5) is 0 Å². The normalized spacial score (nSPS) is 14.7. The van der Waals surface area contributed by atoms with Crippen molar-refractivity contribution in [2.45, 2.75) is 52.6 Å². The van der Waals surface area contributed by atoms with Gasteiger partial charge >= 0.3 is 0 Å². The van der Waals surface area contributed by atoms with Gasteiger partial charge in [0.2, 0.25) is 0 Å². The fraction of sp³-hybridized carbons (Fsp3) is 1.00. The molecule has 0 aromatic rings. The number of rotatable bonds is 5. The van der Waals surface area contributed by atoms with Crippen LogP contribution in [0.3, 0.4) is 0 Å². The van der Waals surface area contributed by atoms with Gasteiger partial charge in [-0.15, -0.1) is 0 Å². The highest BCUT2D eigenvalue weighted by Gasteiger charge is 2.14. The quantitative estimate of drug-likeness (QED) is 0.626. The highest BCUT2D eigenvalue weighted by Crippen LogP contribution is 2.10. The van der Waals surface area contributed by atoms with Crippen molar-refractivity contribution in [2.24, 2.45) is 0 Å². The Morgan fingerprint density at radius 2 is 1.83 bits per heavy atom. The van der Waals surface area contributed by atoms with Crippen molar-refractivity contribution in [3.63, 3.8) is 0 Å². The predicted molar refractivity (Wildman–Crippen MR) is 53.4 cm³/mol. The molecule has 0 heterocycles. The molecule has 0 saturated heterocycles. The molecule has 0 radical (unpaired) electrons. The number of hydrogen-bond acceptors (Lipinski definition) is 2. The lowest BCUT2D eigenvalue weighted by atomic mass is 10.2. The predicted octanol–water partition coefficient (Wildman–Crippen LogP) is 2.66. The molecule has 0 saturated carbocycles. The molecule has 0 aliphatic heterocycles. The molecule has 0 bridgehead atoms. The van der Waals surface area contributed by atoms with Gasteiger partial charge in [0.05, 0.1) is 5.60 Å². The van der Waals surface area contributed by atoms with Crippen molar-refractivity contribution in [2.75, 3.05) is 5.75 Å². The van der Waals surface area contributed by atoms with Crippen molar-refractivity contribution >= 4 is 11.1 Å². The average molecular weight is 192 g/mol. The molecule has 74 valence electrons. The Labute approximate surface area is 78.4 Å². The summed E-state index contributed by atoms with van der Waals surface area (Å²) in [6.45, 7) is 7.90. The van der Waals surface area contributed by atoms with E-state index in [2.05, 4.69) is 6.92 Å². The molecule has 0 aromatic heterocycles. The minimum absolute atomic E-state index is 0.281. The van der Waals surface area contributed by atoms with Gasteiger partial charge in [0, 0.05) is 5.75 Å². The first-order chi connectivity index (χ1) is 5.45. The summed E-state index contributed by atoms with van der Waals surface area (Å²) < 4.78 is 16.5. The standard InChI is InChI=1S/C9H20O2S/c1-5-6-7-8-12(10)11-9(2,3)4/h5-8H2,1-4H3. The van der Waals surface area contributed by atoms with E-state index >= 15 is 0 Å². The van der Waals surface area contributed by atoms with Gasteiger partial charge < -0.3 is 0 Å². The minimum atomic E-state index is -1.09. The fourth-order valence-corrected chi connectivity index (χ4v) is 1.87. The third-order valence-electron chi connectivity index (χ3n) is 1.26. The van der Waals surface area contributed by atoms with Crippen molar-refractivity contribution in [1.82, 2.24) is 0 Å². The van der Waals surface area contributed by atoms with E-state index in [0.717, 1.165) is 19.3 Å². The maximum atomic E-state index is 11.2. The Hall–Kier alpha value is 0.110. The van der Waals surface area contributed by atoms with Gasteiger partial charge in [0.25, 0.3) is 0 Å². The molecule has 0 rings (SSSR count). The van der Waals surface area contributed by atoms with E-state index in [9.17, 15) is 4.21 Å². The van der Waals surface area contributed by atoms with Crippen molar-refractivity contribution in [3.05, 3.63) is 0 Å². The van der Waals surface area contributed by atoms with Crippen LogP contribution in [0.15, 0.2) is 0 Å². The molecule has 0 aliphatic carbocycles. The monoisotopic (exact) mass is 192 g/mol. The van der Waals surface area contributed by atoms with E-state index < -0.39 is 11.1 Å². The lowest BCUT2D eigenvalue weighted by Crippen LogP contribution is -2.21. The summed E-state index contributed by atoms with van der Waals surface area (Å²) in [7, 11) is 0. The molecule has 12 heavy (non-hydrogen) atoms. The summed E-state index contributed by atoms with van der Waals surface area (Å²) in [5.74, 6) is 0.672. The molecular weight excluding hydrogens is 172 g/mol. The van der Waals surface area contributed by atoms with Crippen molar-refractivity contribution in [1.29, 1.82) is 0 Å². The summed E-state index contributed by atoms with van der Waals surface area (Å²) in [5, 5.41) is 0. The molecule has 2 nitrogen and oxygen atoms in total. The first-order valence-corrected chi connectivity index (χ1v) is 5.78. The summed E-state index contributed by atoms with van der Waals surface area (Å²) in [6, 6.07) is 0. The largest absolute Gasteiger partial charge is 0.285 e. The van der Waals surface area contributed by atoms with Crippen LogP contribution >= 0.6 is 0 Å². The van der Waals surface area contributed by atoms with Crippen LogP contribution in [0, 0.1) is 0 Å². The van der Waals surface area contributed by atoms with Gasteiger partial charge in [0.1, 0.15) is 0 Å². The van der Waals surface area contributed by atoms with Crippen molar-refractivity contribution < 1.29 is 8.39 Å². The van der Waals surface area contributed by atoms with Gasteiger partial charge in [-0.3, -0.25) is 4.18 Å². The zero-order valence-corrected chi connectivity index (χ0v) is 9.37. The molecular formula is C9H20O2S. The zero-order valence-electron chi connectivity index (χ0n) is 8.55. The first-order valence-electron chi connectivity index (χ1n) is 4.53. The molecule has 1 unspecified atom stereocenters. The second-order valence-electron chi connectivity index (χ2n) is 3.91. The van der Waals surface area contributed by atoms with Crippen LogP contribution in [0.1, 0.15) is 47.0 Å². The van der Waals surface area contributed by atoms with Crippen LogP contribution < -0.4 is 0 Å². The van der Waals surface area contributed by atoms with E-state index in [0.29, 0.717) is 5.75 Å². The Bertz CT molecular complexity index is 138. The van der Waals surface area contributed by atoms with E-state index in [-0.39, 0.29) is 5.60 Å². The molecule has 3 heteroatoms. The third kappa shape index (κ3) is 8.21. The lowest BCUT2D eigenvalue weighted by molar-refractivity contribution is 0.152. The molecule has 0 amide bonds. The highest BCUT2D eigenvalue weighted by molar-refractivity contribution is 7.80. The number of hydrogen-bond donors (Lipinski definition) is 0. The SMILES string of the molecule is CCCCCS(=O)OC(C)(C)C. The first kappa shape index (κ1) is 12.1. The van der Waals surface area contributed by atoms with Crippen LogP contribution in [0.25, 0.3) is 0 Å². The number of unbranched alkanes of at least 4 members (excludes halogenated alkanes) is 2. The zero-order chi connectivity index (χ0) is 9.61. The van der Waals surface area contributed by atoms with E-state index in [1.54, 1.807) is 0 Å².